The van der Waals surface area contributed by atoms with Crippen LogP contribution in [-0.2, 0) is 12.8 Å². The molecule has 0 bridgehead atoms. The summed E-state index contributed by atoms with van der Waals surface area (Å²) >= 11 is 13.5. The zero-order chi connectivity index (χ0) is 20.3. The molecule has 2 aromatic carbocycles. The molecule has 0 fully saturated rings. The van der Waals surface area contributed by atoms with E-state index < -0.39 is 0 Å². The van der Waals surface area contributed by atoms with Crippen LogP contribution in [0.3, 0.4) is 0 Å². The molecule has 0 aliphatic rings. The molecule has 3 aromatic rings. The van der Waals surface area contributed by atoms with Gasteiger partial charge < -0.3 is 9.88 Å². The van der Waals surface area contributed by atoms with Gasteiger partial charge in [-0.25, -0.2) is 0 Å². The fourth-order valence-electron chi connectivity index (χ4n) is 2.64. The van der Waals surface area contributed by atoms with Gasteiger partial charge in [-0.15, -0.1) is 10.2 Å². The van der Waals surface area contributed by atoms with Crippen LogP contribution in [0.2, 0.25) is 10.0 Å². The van der Waals surface area contributed by atoms with E-state index in [2.05, 4.69) is 46.7 Å². The predicted octanol–water partition coefficient (Wildman–Crippen LogP) is 5.21. The Morgan fingerprint density at radius 1 is 1.14 bits per heavy atom. The average Bonchev–Trinajstić information content (AvgIpc) is 3.04. The van der Waals surface area contributed by atoms with Crippen molar-refractivity contribution in [1.82, 2.24) is 20.1 Å². The van der Waals surface area contributed by atoms with Gasteiger partial charge in [0, 0.05) is 18.4 Å². The Hall–Kier alpha value is -2.02. The molecule has 28 heavy (non-hydrogen) atoms. The Balaban J connectivity index is 1.65. The molecule has 1 heterocycles. The van der Waals surface area contributed by atoms with Crippen LogP contribution < -0.4 is 5.32 Å². The van der Waals surface area contributed by atoms with Crippen LogP contribution in [-0.4, -0.2) is 20.7 Å². The number of nitrogens with one attached hydrogen (secondary N) is 1. The van der Waals surface area contributed by atoms with Crippen molar-refractivity contribution in [2.24, 2.45) is 7.05 Å². The number of amides is 1. The van der Waals surface area contributed by atoms with Crippen molar-refractivity contribution >= 4 is 40.9 Å². The van der Waals surface area contributed by atoms with Gasteiger partial charge in [0.1, 0.15) is 0 Å². The van der Waals surface area contributed by atoms with E-state index in [1.54, 1.807) is 30.0 Å². The standard InChI is InChI=1S/C20H20Cl2N4OS/c1-12-4-6-14(7-5-12)11-28-20-25-24-18(26(20)3)13(2)23-19(27)15-8-9-16(21)17(22)10-15/h4-10,13H,11H2,1-3H3,(H,23,27)/t13-/m0/s1. The number of thioether (sulfide) groups is 1. The number of aryl methyl sites for hydroxylation is 1. The van der Waals surface area contributed by atoms with Crippen molar-refractivity contribution in [2.45, 2.75) is 30.8 Å². The molecule has 1 aromatic heterocycles. The molecule has 0 unspecified atom stereocenters. The van der Waals surface area contributed by atoms with Gasteiger partial charge in [-0.05, 0) is 37.6 Å². The maximum Gasteiger partial charge on any atom is 0.251 e. The number of hydrogen-bond donors (Lipinski definition) is 1. The molecule has 3 rings (SSSR count). The number of nitrogens with zero attached hydrogens (tertiary/aromatic N) is 3. The lowest BCUT2D eigenvalue weighted by molar-refractivity contribution is 0.0937. The summed E-state index contributed by atoms with van der Waals surface area (Å²) in [6, 6.07) is 12.9. The molecule has 1 atom stereocenters. The monoisotopic (exact) mass is 434 g/mol. The number of carbonyl (C=O) groups is 1. The maximum atomic E-state index is 12.5. The lowest BCUT2D eigenvalue weighted by Crippen LogP contribution is -2.28. The Morgan fingerprint density at radius 3 is 2.54 bits per heavy atom. The fourth-order valence-corrected chi connectivity index (χ4v) is 3.82. The summed E-state index contributed by atoms with van der Waals surface area (Å²) in [5.41, 5.74) is 2.90. The number of halogens is 2. The number of benzene rings is 2. The summed E-state index contributed by atoms with van der Waals surface area (Å²) in [6.07, 6.45) is 0. The van der Waals surface area contributed by atoms with Crippen LogP contribution in [0.25, 0.3) is 0 Å². The highest BCUT2D eigenvalue weighted by molar-refractivity contribution is 7.98. The summed E-state index contributed by atoms with van der Waals surface area (Å²) < 4.78 is 1.90. The highest BCUT2D eigenvalue weighted by Crippen LogP contribution is 2.25. The van der Waals surface area contributed by atoms with Crippen molar-refractivity contribution in [3.63, 3.8) is 0 Å². The normalized spacial score (nSPS) is 12.0. The molecule has 5 nitrogen and oxygen atoms in total. The van der Waals surface area contributed by atoms with Crippen LogP contribution in [0, 0.1) is 6.92 Å². The third-order valence-electron chi connectivity index (χ3n) is 4.27. The Bertz CT molecular complexity index is 988. The average molecular weight is 435 g/mol. The van der Waals surface area contributed by atoms with Crippen molar-refractivity contribution in [3.05, 3.63) is 75.0 Å². The van der Waals surface area contributed by atoms with E-state index in [1.165, 1.54) is 11.1 Å². The van der Waals surface area contributed by atoms with E-state index in [9.17, 15) is 4.79 Å². The van der Waals surface area contributed by atoms with Crippen molar-refractivity contribution < 1.29 is 4.79 Å². The SMILES string of the molecule is Cc1ccc(CSc2nnc([C@H](C)NC(=O)c3ccc(Cl)c(Cl)c3)n2C)cc1. The van der Waals surface area contributed by atoms with Crippen molar-refractivity contribution in [2.75, 3.05) is 0 Å². The zero-order valence-corrected chi connectivity index (χ0v) is 18.1. The summed E-state index contributed by atoms with van der Waals surface area (Å²) in [7, 11) is 1.90. The molecular formula is C20H20Cl2N4OS. The molecule has 0 aliphatic carbocycles. The van der Waals surface area contributed by atoms with E-state index in [0.29, 0.717) is 21.4 Å². The lowest BCUT2D eigenvalue weighted by atomic mass is 10.2. The van der Waals surface area contributed by atoms with Crippen LogP contribution >= 0.6 is 35.0 Å². The minimum Gasteiger partial charge on any atom is -0.342 e. The number of carbonyl (C=O) groups excluding carboxylic acids is 1. The number of aromatic nitrogens is 3. The van der Waals surface area contributed by atoms with Gasteiger partial charge in [0.15, 0.2) is 11.0 Å². The Kier molecular flexibility index (Phi) is 6.65. The first-order valence-corrected chi connectivity index (χ1v) is 10.4. The van der Waals surface area contributed by atoms with Crippen LogP contribution in [0.4, 0.5) is 0 Å². The molecule has 0 saturated heterocycles. The van der Waals surface area contributed by atoms with E-state index >= 15 is 0 Å². The summed E-state index contributed by atoms with van der Waals surface area (Å²) in [6.45, 7) is 3.94. The van der Waals surface area contributed by atoms with E-state index in [1.807, 2.05) is 18.5 Å². The number of rotatable bonds is 6. The number of hydrogen-bond acceptors (Lipinski definition) is 4. The highest BCUT2D eigenvalue weighted by Gasteiger charge is 2.19. The van der Waals surface area contributed by atoms with Gasteiger partial charge in [-0.3, -0.25) is 4.79 Å². The second kappa shape index (κ2) is 8.99. The van der Waals surface area contributed by atoms with Crippen LogP contribution in [0.15, 0.2) is 47.6 Å². The molecule has 8 heteroatoms. The minimum atomic E-state index is -0.312. The van der Waals surface area contributed by atoms with Gasteiger partial charge >= 0.3 is 0 Å². The molecular weight excluding hydrogens is 415 g/mol. The Morgan fingerprint density at radius 2 is 1.86 bits per heavy atom. The van der Waals surface area contributed by atoms with Crippen LogP contribution in [0.5, 0.6) is 0 Å². The largest absolute Gasteiger partial charge is 0.342 e. The Labute approximate surface area is 178 Å². The van der Waals surface area contributed by atoms with Gasteiger partial charge in [0.05, 0.1) is 16.1 Å². The summed E-state index contributed by atoms with van der Waals surface area (Å²) in [5, 5.41) is 13.0. The molecule has 0 spiro atoms. The highest BCUT2D eigenvalue weighted by atomic mass is 35.5. The summed E-state index contributed by atoms with van der Waals surface area (Å²) in [5.74, 6) is 1.23. The molecule has 0 saturated carbocycles. The molecule has 1 N–H and O–H groups in total. The molecule has 146 valence electrons. The van der Waals surface area contributed by atoms with E-state index in [0.717, 1.165) is 10.9 Å². The predicted molar refractivity (Wildman–Crippen MR) is 114 cm³/mol. The minimum absolute atomic E-state index is 0.247. The first-order valence-electron chi connectivity index (χ1n) is 8.68. The van der Waals surface area contributed by atoms with Crippen molar-refractivity contribution in [1.29, 1.82) is 0 Å². The lowest BCUT2D eigenvalue weighted by Gasteiger charge is -2.14. The van der Waals surface area contributed by atoms with Gasteiger partial charge in [0.25, 0.3) is 5.91 Å². The molecule has 1 amide bonds. The molecule has 0 aliphatic heterocycles. The summed E-state index contributed by atoms with van der Waals surface area (Å²) in [4.78, 5) is 12.5. The molecule has 0 radical (unpaired) electrons. The van der Waals surface area contributed by atoms with Gasteiger partial charge in [-0.1, -0.05) is 64.8 Å². The van der Waals surface area contributed by atoms with E-state index in [-0.39, 0.29) is 11.9 Å². The van der Waals surface area contributed by atoms with E-state index in [4.69, 9.17) is 23.2 Å². The van der Waals surface area contributed by atoms with Crippen LogP contribution in [0.1, 0.15) is 40.3 Å². The second-order valence-electron chi connectivity index (χ2n) is 6.50. The van der Waals surface area contributed by atoms with Crippen molar-refractivity contribution in [3.8, 4) is 0 Å². The smallest absolute Gasteiger partial charge is 0.251 e. The first kappa shape index (κ1) is 20.7. The maximum absolute atomic E-state index is 12.5. The van der Waals surface area contributed by atoms with Gasteiger partial charge in [-0.2, -0.15) is 0 Å². The second-order valence-corrected chi connectivity index (χ2v) is 8.26. The third kappa shape index (κ3) is 4.87. The first-order chi connectivity index (χ1) is 13.3. The third-order valence-corrected chi connectivity index (χ3v) is 6.10. The quantitative estimate of drug-likeness (QED) is 0.540. The topological polar surface area (TPSA) is 59.8 Å². The zero-order valence-electron chi connectivity index (χ0n) is 15.7. The fraction of sp³-hybridized carbons (Fsp3) is 0.250. The van der Waals surface area contributed by atoms with Gasteiger partial charge in [0.2, 0.25) is 0 Å².